The molecule has 3 nitrogen and oxygen atoms in total. The Morgan fingerprint density at radius 1 is 1.40 bits per heavy atom. The van der Waals surface area contributed by atoms with Crippen LogP contribution in [-0.4, -0.2) is 21.8 Å². The van der Waals surface area contributed by atoms with E-state index in [2.05, 4.69) is 9.97 Å². The molecule has 15 heavy (non-hydrogen) atoms. The van der Waals surface area contributed by atoms with E-state index in [1.54, 1.807) is 11.8 Å². The Morgan fingerprint density at radius 3 is 2.80 bits per heavy atom. The maximum atomic E-state index is 5.75. The molecule has 2 atom stereocenters. The third-order valence-electron chi connectivity index (χ3n) is 2.91. The first-order chi connectivity index (χ1) is 7.29. The lowest BCUT2D eigenvalue weighted by atomic mass is 10.1. The van der Waals surface area contributed by atoms with Crippen LogP contribution in [0, 0.1) is 12.8 Å². The van der Waals surface area contributed by atoms with Crippen molar-refractivity contribution in [3.8, 4) is 0 Å². The molecule has 0 spiro atoms. The smallest absolute Gasteiger partial charge is 0.187 e. The Kier molecular flexibility index (Phi) is 3.59. The second-order valence-corrected chi connectivity index (χ2v) is 5.33. The molecule has 2 rings (SSSR count). The van der Waals surface area contributed by atoms with Crippen LogP contribution in [0.5, 0.6) is 0 Å². The number of aryl methyl sites for hydroxylation is 1. The second-order valence-electron chi connectivity index (χ2n) is 4.13. The van der Waals surface area contributed by atoms with Crippen molar-refractivity contribution in [1.29, 1.82) is 0 Å². The fourth-order valence-corrected chi connectivity index (χ4v) is 3.23. The van der Waals surface area contributed by atoms with E-state index in [1.807, 2.05) is 19.3 Å². The molecular formula is C11H17N3S. The Hall–Kier alpha value is -0.610. The summed E-state index contributed by atoms with van der Waals surface area (Å²) in [4.78, 5) is 8.64. The Bertz CT molecular complexity index is 312. The van der Waals surface area contributed by atoms with E-state index in [0.29, 0.717) is 11.2 Å². The summed E-state index contributed by atoms with van der Waals surface area (Å²) in [6.45, 7) is 2.80. The largest absolute Gasteiger partial charge is 0.330 e. The van der Waals surface area contributed by atoms with Crippen LogP contribution in [0.2, 0.25) is 0 Å². The van der Waals surface area contributed by atoms with E-state index in [4.69, 9.17) is 5.73 Å². The van der Waals surface area contributed by atoms with Gasteiger partial charge in [0.25, 0.3) is 0 Å². The number of hydrogen-bond donors (Lipinski definition) is 1. The fraction of sp³-hybridized carbons (Fsp3) is 0.636. The minimum Gasteiger partial charge on any atom is -0.330 e. The summed E-state index contributed by atoms with van der Waals surface area (Å²) >= 11 is 1.79. The molecule has 1 heterocycles. The normalized spacial score (nSPS) is 25.7. The van der Waals surface area contributed by atoms with E-state index >= 15 is 0 Å². The SMILES string of the molecule is Cc1cnc(SC2CCCC2CN)nc1. The van der Waals surface area contributed by atoms with Gasteiger partial charge in [-0.05, 0) is 37.8 Å². The lowest BCUT2D eigenvalue weighted by Crippen LogP contribution is -2.20. The summed E-state index contributed by atoms with van der Waals surface area (Å²) in [5, 5.41) is 1.52. The molecule has 0 bridgehead atoms. The van der Waals surface area contributed by atoms with Gasteiger partial charge in [0.1, 0.15) is 0 Å². The molecule has 2 unspecified atom stereocenters. The topological polar surface area (TPSA) is 51.8 Å². The van der Waals surface area contributed by atoms with Crippen molar-refractivity contribution in [1.82, 2.24) is 9.97 Å². The van der Waals surface area contributed by atoms with Crippen LogP contribution in [-0.2, 0) is 0 Å². The number of rotatable bonds is 3. The molecule has 1 aromatic heterocycles. The quantitative estimate of drug-likeness (QED) is 0.796. The zero-order chi connectivity index (χ0) is 10.7. The summed E-state index contributed by atoms with van der Waals surface area (Å²) in [5.41, 5.74) is 6.86. The first-order valence-electron chi connectivity index (χ1n) is 5.45. The zero-order valence-corrected chi connectivity index (χ0v) is 9.83. The maximum Gasteiger partial charge on any atom is 0.187 e. The fourth-order valence-electron chi connectivity index (χ4n) is 2.00. The van der Waals surface area contributed by atoms with E-state index in [-0.39, 0.29) is 0 Å². The number of hydrogen-bond acceptors (Lipinski definition) is 4. The van der Waals surface area contributed by atoms with Gasteiger partial charge in [-0.25, -0.2) is 9.97 Å². The summed E-state index contributed by atoms with van der Waals surface area (Å²) < 4.78 is 0. The van der Waals surface area contributed by atoms with Crippen molar-refractivity contribution in [3.63, 3.8) is 0 Å². The number of nitrogens with zero attached hydrogens (tertiary/aromatic N) is 2. The molecule has 2 N–H and O–H groups in total. The third kappa shape index (κ3) is 2.69. The van der Waals surface area contributed by atoms with E-state index in [1.165, 1.54) is 19.3 Å². The van der Waals surface area contributed by atoms with Crippen molar-refractivity contribution in [3.05, 3.63) is 18.0 Å². The molecule has 0 aromatic carbocycles. The van der Waals surface area contributed by atoms with Gasteiger partial charge in [-0.3, -0.25) is 0 Å². The number of thioether (sulfide) groups is 1. The van der Waals surface area contributed by atoms with Crippen molar-refractivity contribution in [2.45, 2.75) is 36.6 Å². The molecule has 1 aromatic rings. The van der Waals surface area contributed by atoms with Crippen molar-refractivity contribution >= 4 is 11.8 Å². The van der Waals surface area contributed by atoms with Gasteiger partial charge in [-0.2, -0.15) is 0 Å². The minimum atomic E-state index is 0.623. The van der Waals surface area contributed by atoms with Gasteiger partial charge in [-0.15, -0.1) is 0 Å². The van der Waals surface area contributed by atoms with Gasteiger partial charge >= 0.3 is 0 Å². The van der Waals surface area contributed by atoms with Gasteiger partial charge in [0.2, 0.25) is 0 Å². The Balaban J connectivity index is 1.99. The van der Waals surface area contributed by atoms with Crippen LogP contribution in [0.1, 0.15) is 24.8 Å². The average Bonchev–Trinajstić information content (AvgIpc) is 2.69. The van der Waals surface area contributed by atoms with Gasteiger partial charge in [0.05, 0.1) is 0 Å². The van der Waals surface area contributed by atoms with Crippen LogP contribution in [0.3, 0.4) is 0 Å². The van der Waals surface area contributed by atoms with Gasteiger partial charge < -0.3 is 5.73 Å². The molecule has 1 saturated carbocycles. The highest BCUT2D eigenvalue weighted by Gasteiger charge is 2.27. The summed E-state index contributed by atoms with van der Waals surface area (Å²) in [6, 6.07) is 0. The highest BCUT2D eigenvalue weighted by molar-refractivity contribution is 7.99. The highest BCUT2D eigenvalue weighted by Crippen LogP contribution is 2.36. The second kappa shape index (κ2) is 4.94. The minimum absolute atomic E-state index is 0.623. The predicted molar refractivity (Wildman–Crippen MR) is 62.8 cm³/mol. The molecular weight excluding hydrogens is 206 g/mol. The monoisotopic (exact) mass is 223 g/mol. The van der Waals surface area contributed by atoms with Crippen molar-refractivity contribution in [2.24, 2.45) is 11.7 Å². The van der Waals surface area contributed by atoms with Crippen LogP contribution in [0.4, 0.5) is 0 Å². The average molecular weight is 223 g/mol. The summed E-state index contributed by atoms with van der Waals surface area (Å²) in [6.07, 6.45) is 7.57. The lowest BCUT2D eigenvalue weighted by molar-refractivity contribution is 0.572. The Labute approximate surface area is 94.9 Å². The molecule has 82 valence electrons. The van der Waals surface area contributed by atoms with E-state index in [9.17, 15) is 0 Å². The predicted octanol–water partition coefficient (Wildman–Crippen LogP) is 2.00. The number of nitrogens with two attached hydrogens (primary N) is 1. The molecule has 0 amide bonds. The standard InChI is InChI=1S/C11H17N3S/c1-8-6-13-11(14-7-8)15-10-4-2-3-9(10)5-12/h6-7,9-10H,2-5,12H2,1H3. The molecule has 0 saturated heterocycles. The lowest BCUT2D eigenvalue weighted by Gasteiger charge is -2.15. The first-order valence-corrected chi connectivity index (χ1v) is 6.33. The molecule has 4 heteroatoms. The summed E-state index contributed by atoms with van der Waals surface area (Å²) in [5.74, 6) is 0.653. The van der Waals surface area contributed by atoms with Crippen LogP contribution < -0.4 is 5.73 Å². The van der Waals surface area contributed by atoms with Crippen molar-refractivity contribution in [2.75, 3.05) is 6.54 Å². The van der Waals surface area contributed by atoms with E-state index in [0.717, 1.165) is 17.3 Å². The first kappa shape index (κ1) is 10.9. The highest BCUT2D eigenvalue weighted by atomic mass is 32.2. The third-order valence-corrected chi connectivity index (χ3v) is 4.25. The molecule has 1 aliphatic rings. The van der Waals surface area contributed by atoms with Gasteiger partial charge in [-0.1, -0.05) is 18.2 Å². The van der Waals surface area contributed by atoms with Crippen LogP contribution >= 0.6 is 11.8 Å². The molecule has 0 aliphatic heterocycles. The van der Waals surface area contributed by atoms with Crippen LogP contribution in [0.25, 0.3) is 0 Å². The number of aromatic nitrogens is 2. The van der Waals surface area contributed by atoms with Gasteiger partial charge in [0.15, 0.2) is 5.16 Å². The zero-order valence-electron chi connectivity index (χ0n) is 9.02. The molecule has 1 aliphatic carbocycles. The van der Waals surface area contributed by atoms with Crippen molar-refractivity contribution < 1.29 is 0 Å². The van der Waals surface area contributed by atoms with E-state index < -0.39 is 0 Å². The molecule has 0 radical (unpaired) electrons. The van der Waals surface area contributed by atoms with Gasteiger partial charge in [0, 0.05) is 17.6 Å². The molecule has 1 fully saturated rings. The van der Waals surface area contributed by atoms with Crippen LogP contribution in [0.15, 0.2) is 17.6 Å². The summed E-state index contributed by atoms with van der Waals surface area (Å²) in [7, 11) is 0. The Morgan fingerprint density at radius 2 is 2.13 bits per heavy atom. The maximum absolute atomic E-state index is 5.75.